The molecule has 0 bridgehead atoms. The topological polar surface area (TPSA) is 55.8 Å². The molecule has 0 saturated heterocycles. The molecule has 0 amide bonds. The van der Waals surface area contributed by atoms with E-state index in [4.69, 9.17) is 9.16 Å². The van der Waals surface area contributed by atoms with Crippen LogP contribution in [0.3, 0.4) is 0 Å². The van der Waals surface area contributed by atoms with E-state index in [1.54, 1.807) is 11.8 Å². The molecule has 4 nitrogen and oxygen atoms in total. The lowest BCUT2D eigenvalue weighted by molar-refractivity contribution is -0.117. The Kier molecular flexibility index (Phi) is 7.33. The summed E-state index contributed by atoms with van der Waals surface area (Å²) < 4.78 is 12.5. The molecule has 0 aliphatic heterocycles. The summed E-state index contributed by atoms with van der Waals surface area (Å²) in [5.74, 6) is 1.57. The Balaban J connectivity index is 1.54. The molecule has 1 aliphatic rings. The molecule has 2 aromatic rings. The van der Waals surface area contributed by atoms with Crippen LogP contribution in [0.2, 0.25) is 18.1 Å². The first-order valence-electron chi connectivity index (χ1n) is 10.7. The maximum Gasteiger partial charge on any atom is 0.192 e. The Labute approximate surface area is 185 Å². The molecule has 3 atom stereocenters. The van der Waals surface area contributed by atoms with E-state index in [9.17, 15) is 9.90 Å². The summed E-state index contributed by atoms with van der Waals surface area (Å²) in [5.41, 5.74) is 0. The fourth-order valence-electron chi connectivity index (χ4n) is 3.42. The van der Waals surface area contributed by atoms with Crippen LogP contribution in [0.15, 0.2) is 42.5 Å². The van der Waals surface area contributed by atoms with Crippen LogP contribution < -0.4 is 4.74 Å². The van der Waals surface area contributed by atoms with Gasteiger partial charge < -0.3 is 14.3 Å². The monoisotopic (exact) mass is 446 g/mol. The van der Waals surface area contributed by atoms with Gasteiger partial charge in [0.1, 0.15) is 18.1 Å². The van der Waals surface area contributed by atoms with Crippen molar-refractivity contribution in [1.82, 2.24) is 0 Å². The van der Waals surface area contributed by atoms with Gasteiger partial charge in [-0.05, 0) is 29.6 Å². The average Bonchev–Trinajstić information content (AvgIpc) is 3.02. The Bertz CT molecular complexity index is 872. The van der Waals surface area contributed by atoms with Crippen LogP contribution >= 0.6 is 11.8 Å². The third-order valence-electron chi connectivity index (χ3n) is 6.21. The summed E-state index contributed by atoms with van der Waals surface area (Å²) in [5, 5.41) is 12.9. The highest BCUT2D eigenvalue weighted by Crippen LogP contribution is 2.41. The zero-order valence-corrected chi connectivity index (χ0v) is 20.5. The lowest BCUT2D eigenvalue weighted by Crippen LogP contribution is -2.45. The number of hydrogen-bond donors (Lipinski definition) is 1. The van der Waals surface area contributed by atoms with E-state index >= 15 is 0 Å². The number of ether oxygens (including phenoxy) is 1. The van der Waals surface area contributed by atoms with Crippen molar-refractivity contribution in [3.8, 4) is 5.75 Å². The summed E-state index contributed by atoms with van der Waals surface area (Å²) in [4.78, 5) is 12.1. The van der Waals surface area contributed by atoms with Crippen molar-refractivity contribution in [3.05, 3.63) is 42.5 Å². The smallest absolute Gasteiger partial charge is 0.192 e. The van der Waals surface area contributed by atoms with Crippen LogP contribution in [0.4, 0.5) is 0 Å². The second-order valence-corrected chi connectivity index (χ2v) is 15.7. The van der Waals surface area contributed by atoms with Crippen LogP contribution in [0.5, 0.6) is 5.75 Å². The van der Waals surface area contributed by atoms with Crippen LogP contribution in [0.25, 0.3) is 10.8 Å². The molecule has 1 fully saturated rings. The normalized spacial score (nSPS) is 21.2. The largest absolute Gasteiger partial charge is 0.490 e. The van der Waals surface area contributed by atoms with Crippen molar-refractivity contribution in [2.24, 2.45) is 0 Å². The van der Waals surface area contributed by atoms with E-state index in [-0.39, 0.29) is 28.8 Å². The maximum atomic E-state index is 12.1. The SMILES string of the molecule is CC(C)(C)[Si](C)(C)OC1CC(=O)CC1SCC(O)COc1cccc2ccccc12. The fraction of sp³-hybridized carbons (Fsp3) is 0.542. The van der Waals surface area contributed by atoms with Gasteiger partial charge in [-0.2, -0.15) is 11.8 Å². The first-order valence-corrected chi connectivity index (χ1v) is 14.6. The lowest BCUT2D eigenvalue weighted by Gasteiger charge is -2.39. The van der Waals surface area contributed by atoms with Crippen molar-refractivity contribution < 1.29 is 19.1 Å². The zero-order chi connectivity index (χ0) is 21.9. The maximum absolute atomic E-state index is 12.1. The van der Waals surface area contributed by atoms with Gasteiger partial charge in [0.05, 0.1) is 12.2 Å². The van der Waals surface area contributed by atoms with E-state index in [2.05, 4.69) is 33.9 Å². The molecule has 30 heavy (non-hydrogen) atoms. The molecular formula is C24H34O4SSi. The number of hydrogen-bond acceptors (Lipinski definition) is 5. The van der Waals surface area contributed by atoms with Gasteiger partial charge in [-0.15, -0.1) is 0 Å². The number of thioether (sulfide) groups is 1. The molecule has 0 spiro atoms. The van der Waals surface area contributed by atoms with Crippen molar-refractivity contribution in [2.45, 2.75) is 69.2 Å². The Morgan fingerprint density at radius 3 is 2.57 bits per heavy atom. The third-order valence-corrected chi connectivity index (χ3v) is 12.2. The molecule has 6 heteroatoms. The molecule has 1 saturated carbocycles. The molecule has 1 N–H and O–H groups in total. The molecule has 164 valence electrons. The molecule has 3 unspecified atom stereocenters. The molecule has 1 aliphatic carbocycles. The fourth-order valence-corrected chi connectivity index (χ4v) is 6.12. The summed E-state index contributed by atoms with van der Waals surface area (Å²) in [6.07, 6.45) is 0.376. The quantitative estimate of drug-likeness (QED) is 0.548. The number of benzene rings is 2. The summed E-state index contributed by atoms with van der Waals surface area (Å²) in [7, 11) is -1.94. The Morgan fingerprint density at radius 2 is 1.83 bits per heavy atom. The number of carbonyl (C=O) groups is 1. The molecule has 3 rings (SSSR count). The van der Waals surface area contributed by atoms with Gasteiger partial charge in [0, 0.05) is 29.2 Å². The van der Waals surface area contributed by atoms with Gasteiger partial charge in [-0.3, -0.25) is 4.79 Å². The van der Waals surface area contributed by atoms with Gasteiger partial charge in [-0.25, -0.2) is 0 Å². The van der Waals surface area contributed by atoms with Gasteiger partial charge in [0.25, 0.3) is 0 Å². The van der Waals surface area contributed by atoms with Crippen LogP contribution in [-0.4, -0.2) is 49.0 Å². The number of ketones is 1. The summed E-state index contributed by atoms with van der Waals surface area (Å²) >= 11 is 1.64. The van der Waals surface area contributed by atoms with Crippen molar-refractivity contribution in [1.29, 1.82) is 0 Å². The van der Waals surface area contributed by atoms with Gasteiger partial charge in [0.15, 0.2) is 8.32 Å². The Hall–Kier alpha value is -1.34. The standard InChI is InChI=1S/C24H34O4SSi/c1-24(2,3)30(4,5)28-22-13-18(25)14-23(22)29-16-19(26)15-27-21-12-8-10-17-9-6-7-11-20(17)21/h6-12,19,22-23,26H,13-16H2,1-5H3. The highest BCUT2D eigenvalue weighted by Gasteiger charge is 2.43. The molecule has 0 heterocycles. The van der Waals surface area contributed by atoms with Gasteiger partial charge in [-0.1, -0.05) is 57.2 Å². The predicted octanol–water partition coefficient (Wildman–Crippen LogP) is 5.43. The first-order chi connectivity index (χ1) is 14.1. The van der Waals surface area contributed by atoms with Gasteiger partial charge in [0.2, 0.25) is 0 Å². The highest BCUT2D eigenvalue weighted by atomic mass is 32.2. The van der Waals surface area contributed by atoms with E-state index in [1.165, 1.54) is 0 Å². The van der Waals surface area contributed by atoms with Crippen molar-refractivity contribution >= 4 is 36.6 Å². The van der Waals surface area contributed by atoms with Crippen molar-refractivity contribution in [2.75, 3.05) is 12.4 Å². The number of fused-ring (bicyclic) bond motifs is 1. The second-order valence-electron chi connectivity index (χ2n) is 9.68. The van der Waals surface area contributed by atoms with Crippen molar-refractivity contribution in [3.63, 3.8) is 0 Å². The molecule has 2 aromatic carbocycles. The van der Waals surface area contributed by atoms with Crippen LogP contribution in [-0.2, 0) is 9.22 Å². The number of aliphatic hydroxyl groups excluding tert-OH is 1. The second kappa shape index (κ2) is 9.43. The Morgan fingerprint density at radius 1 is 1.13 bits per heavy atom. The minimum absolute atomic E-state index is 0.0467. The lowest BCUT2D eigenvalue weighted by atomic mass is 10.1. The minimum atomic E-state index is -1.94. The number of aliphatic hydroxyl groups is 1. The number of Topliss-reactive ketones (excluding diaryl/α,β-unsaturated/α-hetero) is 1. The number of rotatable bonds is 8. The zero-order valence-electron chi connectivity index (χ0n) is 18.7. The van der Waals surface area contributed by atoms with Crippen LogP contribution in [0.1, 0.15) is 33.6 Å². The van der Waals surface area contributed by atoms with Gasteiger partial charge >= 0.3 is 0 Å². The third kappa shape index (κ3) is 5.66. The minimum Gasteiger partial charge on any atom is -0.490 e. The highest BCUT2D eigenvalue weighted by molar-refractivity contribution is 8.00. The van der Waals surface area contributed by atoms with E-state index in [1.807, 2.05) is 42.5 Å². The van der Waals surface area contributed by atoms with E-state index in [0.717, 1.165) is 16.5 Å². The average molecular weight is 447 g/mol. The first kappa shape index (κ1) is 23.3. The van der Waals surface area contributed by atoms with Crippen LogP contribution in [0, 0.1) is 0 Å². The number of carbonyl (C=O) groups excluding carboxylic acids is 1. The summed E-state index contributed by atoms with van der Waals surface area (Å²) in [6.45, 7) is 11.3. The summed E-state index contributed by atoms with van der Waals surface area (Å²) in [6, 6.07) is 14.0. The van der Waals surface area contributed by atoms with E-state index in [0.29, 0.717) is 18.6 Å². The molecule has 0 aromatic heterocycles. The van der Waals surface area contributed by atoms with E-state index < -0.39 is 14.4 Å². The molecular weight excluding hydrogens is 412 g/mol. The predicted molar refractivity (Wildman–Crippen MR) is 128 cm³/mol. The molecule has 0 radical (unpaired) electrons.